The highest BCUT2D eigenvalue weighted by molar-refractivity contribution is 6.08. The molecule has 5 rings (SSSR count). The van der Waals surface area contributed by atoms with Crippen LogP contribution in [0, 0.1) is 5.41 Å². The molecule has 232 valence electrons. The number of carbonyl (C=O) groups excluding carboxylic acids is 1. The predicted octanol–water partition coefficient (Wildman–Crippen LogP) is 7.54. The lowest BCUT2D eigenvalue weighted by molar-refractivity contribution is -0.159. The number of nitrogens with zero attached hydrogens (tertiary/aromatic N) is 1. The average Bonchev–Trinajstić information content (AvgIpc) is 3.38. The maximum atomic E-state index is 13.2. The number of methoxy groups -OCH3 is 1. The summed E-state index contributed by atoms with van der Waals surface area (Å²) in [5, 5.41) is 12.1. The number of ether oxygens (including phenoxy) is 3. The van der Waals surface area contributed by atoms with Crippen molar-refractivity contribution in [3.05, 3.63) is 102 Å². The zero-order chi connectivity index (χ0) is 30.4. The maximum Gasteiger partial charge on any atom is 0.311 e. The SMILES string of the molecule is COc1ccccc1OCCN(Cc1ccc(O)cc1)CC(Cc1cccc2c1[nH]c1ccccc12)OC(=O)C(C)(C)C.Cl. The summed E-state index contributed by atoms with van der Waals surface area (Å²) in [5.41, 5.74) is 3.63. The van der Waals surface area contributed by atoms with Crippen LogP contribution in [0.3, 0.4) is 0 Å². The third-order valence-electron chi connectivity index (χ3n) is 7.50. The molecule has 0 amide bonds. The van der Waals surface area contributed by atoms with Crippen molar-refractivity contribution in [1.29, 1.82) is 0 Å². The molecular formula is C36H41ClN2O5. The first-order valence-electron chi connectivity index (χ1n) is 14.7. The van der Waals surface area contributed by atoms with Crippen molar-refractivity contribution in [2.24, 2.45) is 5.41 Å². The number of aromatic amines is 1. The predicted molar refractivity (Wildman–Crippen MR) is 178 cm³/mol. The van der Waals surface area contributed by atoms with Gasteiger partial charge in [0.25, 0.3) is 0 Å². The molecular weight excluding hydrogens is 576 g/mol. The average molecular weight is 617 g/mol. The van der Waals surface area contributed by atoms with Gasteiger partial charge in [0, 0.05) is 47.9 Å². The van der Waals surface area contributed by atoms with E-state index in [1.54, 1.807) is 19.2 Å². The molecule has 1 aromatic heterocycles. The van der Waals surface area contributed by atoms with E-state index in [-0.39, 0.29) is 24.1 Å². The van der Waals surface area contributed by atoms with Crippen LogP contribution in [0.15, 0.2) is 91.0 Å². The number of fused-ring (bicyclic) bond motifs is 3. The van der Waals surface area contributed by atoms with Crippen LogP contribution in [-0.4, -0.2) is 53.9 Å². The number of rotatable bonds is 12. The first kappa shape index (κ1) is 32.7. The lowest BCUT2D eigenvalue weighted by Gasteiger charge is -2.30. The van der Waals surface area contributed by atoms with Gasteiger partial charge in [0.15, 0.2) is 11.5 Å². The van der Waals surface area contributed by atoms with E-state index in [1.165, 1.54) is 5.39 Å². The van der Waals surface area contributed by atoms with E-state index in [9.17, 15) is 9.90 Å². The summed E-state index contributed by atoms with van der Waals surface area (Å²) in [5.74, 6) is 1.33. The number of phenols is 1. The number of hydrogen-bond donors (Lipinski definition) is 2. The van der Waals surface area contributed by atoms with E-state index in [4.69, 9.17) is 14.2 Å². The van der Waals surface area contributed by atoms with Gasteiger partial charge in [-0.25, -0.2) is 0 Å². The molecule has 2 N–H and O–H groups in total. The Hall–Kier alpha value is -4.20. The van der Waals surface area contributed by atoms with Gasteiger partial charge in [-0.05, 0) is 62.2 Å². The third kappa shape index (κ3) is 8.04. The number of nitrogens with one attached hydrogen (secondary N) is 1. The number of esters is 1. The smallest absolute Gasteiger partial charge is 0.311 e. The summed E-state index contributed by atoms with van der Waals surface area (Å²) in [6, 6.07) is 29.3. The first-order chi connectivity index (χ1) is 20.7. The van der Waals surface area contributed by atoms with Crippen LogP contribution in [-0.2, 0) is 22.5 Å². The highest BCUT2D eigenvalue weighted by atomic mass is 35.5. The number of carbonyl (C=O) groups is 1. The Bertz CT molecular complexity index is 1680. The number of halogens is 1. The van der Waals surface area contributed by atoms with E-state index in [1.807, 2.05) is 69.3 Å². The van der Waals surface area contributed by atoms with E-state index >= 15 is 0 Å². The lowest BCUT2D eigenvalue weighted by atomic mass is 9.97. The zero-order valence-corrected chi connectivity index (χ0v) is 26.5. The largest absolute Gasteiger partial charge is 0.508 e. The molecule has 0 fully saturated rings. The highest BCUT2D eigenvalue weighted by Gasteiger charge is 2.28. The summed E-state index contributed by atoms with van der Waals surface area (Å²) < 4.78 is 17.8. The molecule has 0 saturated heterocycles. The van der Waals surface area contributed by atoms with Gasteiger partial charge >= 0.3 is 5.97 Å². The second kappa shape index (κ2) is 14.5. The number of H-pyrrole nitrogens is 1. The Morgan fingerprint density at radius 1 is 0.886 bits per heavy atom. The summed E-state index contributed by atoms with van der Waals surface area (Å²) >= 11 is 0. The molecule has 8 heteroatoms. The Morgan fingerprint density at radius 2 is 1.57 bits per heavy atom. The molecule has 0 bridgehead atoms. The molecule has 44 heavy (non-hydrogen) atoms. The highest BCUT2D eigenvalue weighted by Crippen LogP contribution is 2.29. The van der Waals surface area contributed by atoms with E-state index < -0.39 is 11.5 Å². The van der Waals surface area contributed by atoms with Gasteiger partial charge in [0.2, 0.25) is 0 Å². The van der Waals surface area contributed by atoms with E-state index in [2.05, 4.69) is 40.2 Å². The van der Waals surface area contributed by atoms with Crippen molar-refractivity contribution in [2.75, 3.05) is 26.8 Å². The molecule has 0 aliphatic heterocycles. The first-order valence-corrected chi connectivity index (χ1v) is 14.7. The van der Waals surface area contributed by atoms with Crippen LogP contribution in [0.5, 0.6) is 17.2 Å². The van der Waals surface area contributed by atoms with Crippen molar-refractivity contribution in [2.45, 2.75) is 39.8 Å². The fourth-order valence-corrected chi connectivity index (χ4v) is 5.23. The molecule has 0 saturated carbocycles. The number of para-hydroxylation sites is 4. The van der Waals surface area contributed by atoms with E-state index in [0.717, 1.165) is 27.5 Å². The second-order valence-electron chi connectivity index (χ2n) is 11.9. The molecule has 4 aromatic carbocycles. The number of benzene rings is 4. The van der Waals surface area contributed by atoms with Crippen LogP contribution >= 0.6 is 12.4 Å². The fraction of sp³-hybridized carbons (Fsp3) is 0.306. The minimum Gasteiger partial charge on any atom is -0.508 e. The normalized spacial score (nSPS) is 12.2. The zero-order valence-electron chi connectivity index (χ0n) is 25.7. The van der Waals surface area contributed by atoms with Crippen molar-refractivity contribution in [3.63, 3.8) is 0 Å². The Balaban J connectivity index is 0.00000442. The number of phenolic OH excluding ortho intramolecular Hbond substituents is 1. The summed E-state index contributed by atoms with van der Waals surface area (Å²) in [7, 11) is 1.63. The van der Waals surface area contributed by atoms with E-state index in [0.29, 0.717) is 44.2 Å². The monoisotopic (exact) mass is 616 g/mol. The number of aromatic nitrogens is 1. The fourth-order valence-electron chi connectivity index (χ4n) is 5.23. The van der Waals surface area contributed by atoms with Crippen LogP contribution < -0.4 is 9.47 Å². The van der Waals surface area contributed by atoms with Crippen molar-refractivity contribution >= 4 is 40.2 Å². The molecule has 0 aliphatic rings. The molecule has 1 heterocycles. The molecule has 1 unspecified atom stereocenters. The van der Waals surface area contributed by atoms with Crippen LogP contribution in [0.1, 0.15) is 31.9 Å². The Morgan fingerprint density at radius 3 is 2.30 bits per heavy atom. The van der Waals surface area contributed by atoms with Crippen molar-refractivity contribution < 1.29 is 24.1 Å². The summed E-state index contributed by atoms with van der Waals surface area (Å²) in [6.07, 6.45) is 0.137. The molecule has 7 nitrogen and oxygen atoms in total. The topological polar surface area (TPSA) is 84.0 Å². The Kier molecular flexibility index (Phi) is 10.8. The van der Waals surface area contributed by atoms with Crippen molar-refractivity contribution in [1.82, 2.24) is 9.88 Å². The van der Waals surface area contributed by atoms with Crippen LogP contribution in [0.4, 0.5) is 0 Å². The van der Waals surface area contributed by atoms with Gasteiger partial charge in [-0.3, -0.25) is 9.69 Å². The number of hydrogen-bond acceptors (Lipinski definition) is 6. The minimum atomic E-state index is -0.639. The quantitative estimate of drug-likeness (QED) is 0.141. The molecule has 0 aliphatic carbocycles. The van der Waals surface area contributed by atoms with Gasteiger partial charge in [0.05, 0.1) is 12.5 Å². The maximum absolute atomic E-state index is 13.2. The second-order valence-corrected chi connectivity index (χ2v) is 11.9. The molecule has 1 atom stereocenters. The van der Waals surface area contributed by atoms with Gasteiger partial charge < -0.3 is 24.3 Å². The summed E-state index contributed by atoms with van der Waals surface area (Å²) in [6.45, 7) is 7.71. The minimum absolute atomic E-state index is 0. The van der Waals surface area contributed by atoms with Gasteiger partial charge in [0.1, 0.15) is 18.5 Å². The standard InChI is InChI=1S/C36H40N2O5.ClH/c1-36(2,3)35(40)43-28(22-26-10-9-12-30-29-11-5-6-13-31(29)37-34(26)30)24-38(23-25-16-18-27(39)19-17-25)20-21-42-33-15-8-7-14-32(33)41-4;/h5-19,28,37,39H,20-24H2,1-4H3;1H. The van der Waals surface area contributed by atoms with Crippen LogP contribution in [0.2, 0.25) is 0 Å². The summed E-state index contributed by atoms with van der Waals surface area (Å²) in [4.78, 5) is 19.0. The molecule has 5 aromatic rings. The molecule has 0 spiro atoms. The van der Waals surface area contributed by atoms with Gasteiger partial charge in [-0.1, -0.05) is 60.7 Å². The molecule has 0 radical (unpaired) electrons. The van der Waals surface area contributed by atoms with Crippen molar-refractivity contribution in [3.8, 4) is 17.2 Å². The van der Waals surface area contributed by atoms with Crippen LogP contribution in [0.25, 0.3) is 21.8 Å². The number of aromatic hydroxyl groups is 1. The Labute approximate surface area is 265 Å². The van der Waals surface area contributed by atoms with Gasteiger partial charge in [-0.2, -0.15) is 0 Å². The lowest BCUT2D eigenvalue weighted by Crippen LogP contribution is -2.40. The van der Waals surface area contributed by atoms with Gasteiger partial charge in [-0.15, -0.1) is 12.4 Å². The third-order valence-corrected chi connectivity index (χ3v) is 7.50.